The zero-order chi connectivity index (χ0) is 20.8. The van der Waals surface area contributed by atoms with Gasteiger partial charge >= 0.3 is 0 Å². The summed E-state index contributed by atoms with van der Waals surface area (Å²) >= 11 is 0. The average molecular weight is 534 g/mol. The molecule has 0 aliphatic carbocycles. The SMILES string of the molecule is CCNC(=NCc1ncc(-c2ccccc2)[nH]1)N1CCN(C(=O)c2ccco2)CC1.I. The quantitative estimate of drug-likeness (QED) is 0.298. The van der Waals surface area contributed by atoms with Crippen LogP contribution in [-0.4, -0.2) is 64.4 Å². The number of nitrogens with zero attached hydrogens (tertiary/aromatic N) is 4. The van der Waals surface area contributed by atoms with Gasteiger partial charge in [0.05, 0.1) is 18.2 Å². The van der Waals surface area contributed by atoms with Gasteiger partial charge in [-0.05, 0) is 24.6 Å². The van der Waals surface area contributed by atoms with Crippen LogP contribution in [0.25, 0.3) is 11.3 Å². The van der Waals surface area contributed by atoms with E-state index < -0.39 is 0 Å². The molecule has 8 nitrogen and oxygen atoms in total. The second-order valence-electron chi connectivity index (χ2n) is 7.04. The molecule has 3 heterocycles. The summed E-state index contributed by atoms with van der Waals surface area (Å²) in [5.74, 6) is 1.97. The Morgan fingerprint density at radius 3 is 2.55 bits per heavy atom. The summed E-state index contributed by atoms with van der Waals surface area (Å²) in [5, 5.41) is 3.34. The molecule has 1 saturated heterocycles. The van der Waals surface area contributed by atoms with Gasteiger partial charge in [-0.1, -0.05) is 30.3 Å². The number of benzene rings is 1. The molecule has 3 aromatic rings. The first-order chi connectivity index (χ1) is 14.7. The largest absolute Gasteiger partial charge is 0.459 e. The molecule has 0 atom stereocenters. The van der Waals surface area contributed by atoms with Crippen LogP contribution in [0.15, 0.2) is 64.3 Å². The zero-order valence-corrected chi connectivity index (χ0v) is 19.8. The van der Waals surface area contributed by atoms with E-state index in [4.69, 9.17) is 9.41 Å². The predicted octanol–water partition coefficient (Wildman–Crippen LogP) is 3.21. The maximum atomic E-state index is 12.4. The molecule has 1 aliphatic heterocycles. The Labute approximate surface area is 198 Å². The van der Waals surface area contributed by atoms with Crippen molar-refractivity contribution in [3.63, 3.8) is 0 Å². The van der Waals surface area contributed by atoms with Crippen molar-refractivity contribution in [3.8, 4) is 11.3 Å². The van der Waals surface area contributed by atoms with Gasteiger partial charge in [-0.15, -0.1) is 24.0 Å². The van der Waals surface area contributed by atoms with Gasteiger partial charge in [0.25, 0.3) is 5.91 Å². The summed E-state index contributed by atoms with van der Waals surface area (Å²) in [7, 11) is 0. The maximum absolute atomic E-state index is 12.4. The maximum Gasteiger partial charge on any atom is 0.289 e. The number of aromatic amines is 1. The Kier molecular flexibility index (Phi) is 8.10. The predicted molar refractivity (Wildman–Crippen MR) is 130 cm³/mol. The first-order valence-corrected chi connectivity index (χ1v) is 10.2. The molecule has 0 bridgehead atoms. The minimum atomic E-state index is -0.0642. The van der Waals surface area contributed by atoms with Crippen molar-refractivity contribution in [2.45, 2.75) is 13.5 Å². The fourth-order valence-corrected chi connectivity index (χ4v) is 3.46. The van der Waals surface area contributed by atoms with Crippen LogP contribution >= 0.6 is 24.0 Å². The number of carbonyl (C=O) groups is 1. The minimum Gasteiger partial charge on any atom is -0.459 e. The molecule has 1 fully saturated rings. The number of aliphatic imine (C=N–C) groups is 1. The standard InChI is InChI=1S/C22H26N6O2.HI/c1-2-23-22(25-16-20-24-15-18(26-20)17-7-4-3-5-8-17)28-12-10-27(11-13-28)21(29)19-9-6-14-30-19;/h3-9,14-15H,2,10-13,16H2,1H3,(H,23,25)(H,24,26);1H. The fourth-order valence-electron chi connectivity index (χ4n) is 3.46. The third-order valence-corrected chi connectivity index (χ3v) is 5.03. The highest BCUT2D eigenvalue weighted by Crippen LogP contribution is 2.16. The van der Waals surface area contributed by atoms with E-state index >= 15 is 0 Å². The molecule has 0 saturated carbocycles. The number of piperazine rings is 1. The second-order valence-corrected chi connectivity index (χ2v) is 7.04. The Balaban J connectivity index is 0.00000272. The summed E-state index contributed by atoms with van der Waals surface area (Å²) in [6, 6.07) is 13.5. The lowest BCUT2D eigenvalue weighted by atomic mass is 10.2. The lowest BCUT2D eigenvalue weighted by Crippen LogP contribution is -2.53. The van der Waals surface area contributed by atoms with E-state index in [1.807, 2.05) is 48.4 Å². The second kappa shape index (κ2) is 11.0. The summed E-state index contributed by atoms with van der Waals surface area (Å²) < 4.78 is 5.23. The molecule has 0 unspecified atom stereocenters. The highest BCUT2D eigenvalue weighted by atomic mass is 127. The topological polar surface area (TPSA) is 89.8 Å². The van der Waals surface area contributed by atoms with E-state index in [9.17, 15) is 4.79 Å². The molecule has 4 rings (SSSR count). The zero-order valence-electron chi connectivity index (χ0n) is 17.5. The van der Waals surface area contributed by atoms with Crippen molar-refractivity contribution in [3.05, 3.63) is 66.5 Å². The van der Waals surface area contributed by atoms with E-state index in [0.29, 0.717) is 38.5 Å². The molecule has 1 aliphatic rings. The number of carbonyl (C=O) groups excluding carboxylic acids is 1. The molecule has 2 N–H and O–H groups in total. The van der Waals surface area contributed by atoms with E-state index in [1.54, 1.807) is 12.1 Å². The number of rotatable bonds is 5. The minimum absolute atomic E-state index is 0. The van der Waals surface area contributed by atoms with Gasteiger partial charge in [-0.2, -0.15) is 0 Å². The van der Waals surface area contributed by atoms with Crippen LogP contribution in [0.3, 0.4) is 0 Å². The van der Waals surface area contributed by atoms with Crippen LogP contribution in [0.2, 0.25) is 0 Å². The van der Waals surface area contributed by atoms with E-state index in [0.717, 1.165) is 29.6 Å². The molecule has 9 heteroatoms. The van der Waals surface area contributed by atoms with Crippen LogP contribution in [-0.2, 0) is 6.54 Å². The molecule has 1 aromatic carbocycles. The number of hydrogen-bond donors (Lipinski definition) is 2. The molecule has 1 amide bonds. The van der Waals surface area contributed by atoms with Gasteiger partial charge in [-0.25, -0.2) is 9.98 Å². The Morgan fingerprint density at radius 1 is 1.13 bits per heavy atom. The molecule has 2 aromatic heterocycles. The Bertz CT molecular complexity index is 979. The number of halogens is 1. The smallest absolute Gasteiger partial charge is 0.289 e. The number of furan rings is 1. The highest BCUT2D eigenvalue weighted by Gasteiger charge is 2.25. The van der Waals surface area contributed by atoms with Gasteiger partial charge in [0.15, 0.2) is 11.7 Å². The van der Waals surface area contributed by atoms with E-state index in [2.05, 4.69) is 20.2 Å². The molecular formula is C22H27IN6O2. The molecule has 31 heavy (non-hydrogen) atoms. The number of nitrogens with one attached hydrogen (secondary N) is 2. The first-order valence-electron chi connectivity index (χ1n) is 10.2. The van der Waals surface area contributed by atoms with Crippen molar-refractivity contribution >= 4 is 35.8 Å². The number of aromatic nitrogens is 2. The Hall–Kier alpha value is -2.82. The van der Waals surface area contributed by atoms with Crippen molar-refractivity contribution in [1.29, 1.82) is 0 Å². The average Bonchev–Trinajstić information content (AvgIpc) is 3.49. The Morgan fingerprint density at radius 2 is 1.87 bits per heavy atom. The summed E-state index contributed by atoms with van der Waals surface area (Å²) in [4.78, 5) is 29.0. The first kappa shape index (κ1) is 22.9. The molecule has 0 spiro atoms. The summed E-state index contributed by atoms with van der Waals surface area (Å²) in [5.41, 5.74) is 2.08. The van der Waals surface area contributed by atoms with Crippen LogP contribution < -0.4 is 5.32 Å². The third kappa shape index (κ3) is 5.66. The molecule has 0 radical (unpaired) electrons. The van der Waals surface area contributed by atoms with Gasteiger partial charge in [0.1, 0.15) is 12.4 Å². The normalized spacial score (nSPS) is 14.3. The van der Waals surface area contributed by atoms with E-state index in [-0.39, 0.29) is 29.9 Å². The van der Waals surface area contributed by atoms with Crippen molar-refractivity contribution < 1.29 is 9.21 Å². The monoisotopic (exact) mass is 534 g/mol. The van der Waals surface area contributed by atoms with Crippen molar-refractivity contribution in [2.75, 3.05) is 32.7 Å². The van der Waals surface area contributed by atoms with Gasteiger partial charge in [0, 0.05) is 32.7 Å². The summed E-state index contributed by atoms with van der Waals surface area (Å²) in [6.45, 7) is 5.97. The van der Waals surface area contributed by atoms with Crippen LogP contribution in [0, 0.1) is 0 Å². The lowest BCUT2D eigenvalue weighted by molar-refractivity contribution is 0.0657. The van der Waals surface area contributed by atoms with Gasteiger partial charge in [-0.3, -0.25) is 4.79 Å². The number of imidazole rings is 1. The lowest BCUT2D eigenvalue weighted by Gasteiger charge is -2.36. The number of H-pyrrole nitrogens is 1. The number of guanidine groups is 1. The van der Waals surface area contributed by atoms with Gasteiger partial charge < -0.3 is 24.5 Å². The fraction of sp³-hybridized carbons (Fsp3) is 0.318. The van der Waals surface area contributed by atoms with Crippen LogP contribution in [0.4, 0.5) is 0 Å². The van der Waals surface area contributed by atoms with Gasteiger partial charge in [0.2, 0.25) is 0 Å². The van der Waals surface area contributed by atoms with Crippen molar-refractivity contribution in [1.82, 2.24) is 25.1 Å². The highest BCUT2D eigenvalue weighted by molar-refractivity contribution is 14.0. The molecular weight excluding hydrogens is 507 g/mol. The number of hydrogen-bond acceptors (Lipinski definition) is 4. The summed E-state index contributed by atoms with van der Waals surface area (Å²) in [6.07, 6.45) is 3.36. The van der Waals surface area contributed by atoms with E-state index in [1.165, 1.54) is 6.26 Å². The van der Waals surface area contributed by atoms with Crippen LogP contribution in [0.1, 0.15) is 23.3 Å². The van der Waals surface area contributed by atoms with Crippen molar-refractivity contribution in [2.24, 2.45) is 4.99 Å². The number of amides is 1. The third-order valence-electron chi connectivity index (χ3n) is 5.03. The molecule has 164 valence electrons. The van der Waals surface area contributed by atoms with Crippen LogP contribution in [0.5, 0.6) is 0 Å².